The first-order valence-electron chi connectivity index (χ1n) is 10.3. The second-order valence-corrected chi connectivity index (χ2v) is 7.38. The van der Waals surface area contributed by atoms with Gasteiger partial charge in [0.05, 0.1) is 23.1 Å². The van der Waals surface area contributed by atoms with Crippen molar-refractivity contribution in [3.63, 3.8) is 0 Å². The summed E-state index contributed by atoms with van der Waals surface area (Å²) in [6.45, 7) is 1.66. The van der Waals surface area contributed by atoms with Crippen molar-refractivity contribution in [3.05, 3.63) is 72.4 Å². The second kappa shape index (κ2) is 9.72. The lowest BCUT2D eigenvalue weighted by Crippen LogP contribution is -2.05. The molecule has 2 heterocycles. The zero-order chi connectivity index (χ0) is 25.0. The van der Waals surface area contributed by atoms with Gasteiger partial charge in [0.25, 0.3) is 0 Å². The van der Waals surface area contributed by atoms with Crippen molar-refractivity contribution in [2.24, 2.45) is 7.05 Å². The number of nitrogens with one attached hydrogen (secondary N) is 3. The third kappa shape index (κ3) is 5.67. The van der Waals surface area contributed by atoms with Gasteiger partial charge in [-0.25, -0.2) is 9.37 Å². The van der Waals surface area contributed by atoms with Gasteiger partial charge >= 0.3 is 6.18 Å². The maximum Gasteiger partial charge on any atom is 0.416 e. The summed E-state index contributed by atoms with van der Waals surface area (Å²) in [5.74, 6) is 2.50. The highest BCUT2D eigenvalue weighted by Crippen LogP contribution is 2.34. The molecule has 35 heavy (non-hydrogen) atoms. The zero-order valence-corrected chi connectivity index (χ0v) is 18.6. The number of nitrogens with zero attached hydrogens (tertiary/aromatic N) is 4. The lowest BCUT2D eigenvalue weighted by atomic mass is 10.1. The van der Waals surface area contributed by atoms with Gasteiger partial charge in [0.1, 0.15) is 11.6 Å². The Labute approximate surface area is 198 Å². The minimum absolute atomic E-state index is 0.0899. The molecule has 0 unspecified atom stereocenters. The van der Waals surface area contributed by atoms with Gasteiger partial charge in [0, 0.05) is 36.7 Å². The van der Waals surface area contributed by atoms with E-state index in [4.69, 9.17) is 0 Å². The van der Waals surface area contributed by atoms with Gasteiger partial charge in [0.2, 0.25) is 5.95 Å². The third-order valence-electron chi connectivity index (χ3n) is 4.82. The van der Waals surface area contributed by atoms with Gasteiger partial charge in [-0.15, -0.1) is 0 Å². The van der Waals surface area contributed by atoms with Crippen LogP contribution in [0.4, 0.5) is 46.4 Å². The number of hydrogen-bond donors (Lipinski definition) is 3. The van der Waals surface area contributed by atoms with Crippen LogP contribution in [0, 0.1) is 17.8 Å². The van der Waals surface area contributed by atoms with E-state index in [1.54, 1.807) is 31.0 Å². The highest BCUT2D eigenvalue weighted by Gasteiger charge is 2.30. The molecule has 0 atom stereocenters. The average Bonchev–Trinajstić information content (AvgIpc) is 3.23. The molecule has 0 radical (unpaired) electrons. The first-order chi connectivity index (χ1) is 16.7. The van der Waals surface area contributed by atoms with E-state index in [1.165, 1.54) is 36.5 Å². The fourth-order valence-electron chi connectivity index (χ4n) is 3.16. The number of benzene rings is 2. The Balaban J connectivity index is 1.74. The molecule has 2 aromatic heterocycles. The van der Waals surface area contributed by atoms with Crippen LogP contribution >= 0.6 is 0 Å². The van der Waals surface area contributed by atoms with Crippen LogP contribution in [0.25, 0.3) is 11.1 Å². The number of hydrogen-bond acceptors (Lipinski definition) is 6. The van der Waals surface area contributed by atoms with Crippen LogP contribution in [-0.4, -0.2) is 19.7 Å². The minimum Gasteiger partial charge on any atom is -0.337 e. The SMILES string of the molecule is CC#CNc1ccc(F)c(Nc2nc(Nc3cnn(C)c3)ncc2-c2ccc(C(F)(F)F)cc2)c1. The van der Waals surface area contributed by atoms with E-state index in [0.29, 0.717) is 22.5 Å². The molecule has 0 bridgehead atoms. The standard InChI is InChI=1S/C24H19F4N7/c1-3-10-29-17-8-9-20(25)21(11-17)33-22-19(15-4-6-16(7-5-15)24(26,27)28)13-30-23(34-22)32-18-12-31-35(2)14-18/h4-9,11-14,29H,1-2H3,(H2,30,32,33,34). The molecule has 0 saturated carbocycles. The Morgan fingerprint density at radius 3 is 2.40 bits per heavy atom. The summed E-state index contributed by atoms with van der Waals surface area (Å²) >= 11 is 0. The molecule has 11 heteroatoms. The van der Waals surface area contributed by atoms with Crippen molar-refractivity contribution in [2.45, 2.75) is 13.1 Å². The van der Waals surface area contributed by atoms with Gasteiger partial charge in [-0.1, -0.05) is 18.1 Å². The van der Waals surface area contributed by atoms with E-state index in [2.05, 4.69) is 43.0 Å². The van der Waals surface area contributed by atoms with Crippen molar-refractivity contribution in [1.29, 1.82) is 0 Å². The summed E-state index contributed by atoms with van der Waals surface area (Å²) in [5.41, 5.74) is 1.26. The summed E-state index contributed by atoms with van der Waals surface area (Å²) in [7, 11) is 1.75. The van der Waals surface area contributed by atoms with E-state index in [-0.39, 0.29) is 17.5 Å². The van der Waals surface area contributed by atoms with Crippen molar-refractivity contribution < 1.29 is 17.6 Å². The van der Waals surface area contributed by atoms with Crippen molar-refractivity contribution in [2.75, 3.05) is 16.0 Å². The molecular weight excluding hydrogens is 462 g/mol. The summed E-state index contributed by atoms with van der Waals surface area (Å²) in [6.07, 6.45) is 0.262. The van der Waals surface area contributed by atoms with Gasteiger partial charge in [-0.3, -0.25) is 4.68 Å². The normalized spacial score (nSPS) is 10.9. The van der Waals surface area contributed by atoms with E-state index >= 15 is 0 Å². The Bertz CT molecular complexity index is 1400. The highest BCUT2D eigenvalue weighted by atomic mass is 19.4. The third-order valence-corrected chi connectivity index (χ3v) is 4.82. The van der Waals surface area contributed by atoms with Crippen LogP contribution in [-0.2, 0) is 13.2 Å². The molecule has 0 aliphatic carbocycles. The molecule has 0 saturated heterocycles. The van der Waals surface area contributed by atoms with Crippen LogP contribution in [0.2, 0.25) is 0 Å². The minimum atomic E-state index is -4.47. The predicted octanol–water partition coefficient (Wildman–Crippen LogP) is 5.91. The lowest BCUT2D eigenvalue weighted by molar-refractivity contribution is -0.137. The number of anilines is 5. The molecule has 4 aromatic rings. The number of alkyl halides is 3. The highest BCUT2D eigenvalue weighted by molar-refractivity contribution is 5.79. The van der Waals surface area contributed by atoms with E-state index in [0.717, 1.165) is 12.1 Å². The monoisotopic (exact) mass is 481 g/mol. The van der Waals surface area contributed by atoms with Crippen molar-refractivity contribution >= 4 is 28.8 Å². The largest absolute Gasteiger partial charge is 0.416 e. The summed E-state index contributed by atoms with van der Waals surface area (Å²) < 4.78 is 55.2. The fourth-order valence-corrected chi connectivity index (χ4v) is 3.16. The molecule has 0 aliphatic rings. The molecular formula is C24H19F4N7. The van der Waals surface area contributed by atoms with Crippen molar-refractivity contribution in [3.8, 4) is 23.1 Å². The van der Waals surface area contributed by atoms with E-state index in [9.17, 15) is 17.6 Å². The molecule has 4 rings (SSSR count). The number of rotatable bonds is 6. The number of aromatic nitrogens is 4. The van der Waals surface area contributed by atoms with Crippen LogP contribution in [0.15, 0.2) is 61.1 Å². The van der Waals surface area contributed by atoms with E-state index in [1.807, 2.05) is 0 Å². The Hall–Kier alpha value is -4.59. The molecule has 7 nitrogen and oxygen atoms in total. The maximum absolute atomic E-state index is 14.6. The number of aryl methyl sites for hydroxylation is 1. The van der Waals surface area contributed by atoms with Gasteiger partial charge < -0.3 is 16.0 Å². The molecule has 0 amide bonds. The first kappa shape index (κ1) is 23.6. The molecule has 3 N–H and O–H groups in total. The predicted molar refractivity (Wildman–Crippen MR) is 126 cm³/mol. The maximum atomic E-state index is 14.6. The average molecular weight is 481 g/mol. The topological polar surface area (TPSA) is 79.7 Å². The van der Waals surface area contributed by atoms with E-state index < -0.39 is 17.6 Å². The molecule has 2 aromatic carbocycles. The molecule has 0 aliphatic heterocycles. The lowest BCUT2D eigenvalue weighted by Gasteiger charge is -2.15. The quantitative estimate of drug-likeness (QED) is 0.180. The van der Waals surface area contributed by atoms with Crippen LogP contribution < -0.4 is 16.0 Å². The van der Waals surface area contributed by atoms with Crippen LogP contribution in [0.5, 0.6) is 0 Å². The first-order valence-corrected chi connectivity index (χ1v) is 10.3. The zero-order valence-electron chi connectivity index (χ0n) is 18.6. The van der Waals surface area contributed by atoms with Gasteiger partial charge in [-0.2, -0.15) is 23.3 Å². The van der Waals surface area contributed by atoms with Crippen molar-refractivity contribution in [1.82, 2.24) is 19.7 Å². The van der Waals surface area contributed by atoms with Gasteiger partial charge in [-0.05, 0) is 42.8 Å². The Kier molecular flexibility index (Phi) is 6.55. The summed E-state index contributed by atoms with van der Waals surface area (Å²) in [6, 6.07) is 11.5. The van der Waals surface area contributed by atoms with Gasteiger partial charge in [0.15, 0.2) is 0 Å². The molecule has 0 fully saturated rings. The Morgan fingerprint density at radius 1 is 0.971 bits per heavy atom. The smallest absolute Gasteiger partial charge is 0.337 e. The fraction of sp³-hybridized carbons (Fsp3) is 0.125. The summed E-state index contributed by atoms with van der Waals surface area (Å²) in [5, 5.41) is 12.8. The van der Waals surface area contributed by atoms with Crippen LogP contribution in [0.3, 0.4) is 0 Å². The second-order valence-electron chi connectivity index (χ2n) is 7.38. The summed E-state index contributed by atoms with van der Waals surface area (Å²) in [4.78, 5) is 8.71. The Morgan fingerprint density at radius 2 is 1.74 bits per heavy atom. The molecule has 178 valence electrons. The number of halogens is 4. The molecule has 0 spiro atoms. The van der Waals surface area contributed by atoms with Crippen LogP contribution in [0.1, 0.15) is 12.5 Å².